The van der Waals surface area contributed by atoms with Gasteiger partial charge in [-0.3, -0.25) is 8.98 Å². The van der Waals surface area contributed by atoms with Crippen LogP contribution in [-0.4, -0.2) is 20.3 Å². The summed E-state index contributed by atoms with van der Waals surface area (Å²) in [6, 6.07) is 0. The van der Waals surface area contributed by atoms with Gasteiger partial charge in [0.1, 0.15) is 5.78 Å². The summed E-state index contributed by atoms with van der Waals surface area (Å²) in [5.74, 6) is 2.19. The average molecular weight is 368 g/mol. The maximum atomic E-state index is 12.4. The van der Waals surface area contributed by atoms with E-state index >= 15 is 0 Å². The lowest BCUT2D eigenvalue weighted by Crippen LogP contribution is -2.50. The highest BCUT2D eigenvalue weighted by molar-refractivity contribution is 7.84. The number of fused-ring (bicyclic) bond motifs is 5. The van der Waals surface area contributed by atoms with Gasteiger partial charge in [0, 0.05) is 11.8 Å². The number of nitrogens with two attached hydrogens (primary N) is 1. The Bertz CT molecular complexity index is 730. The number of carbonyl (C=O) groups is 1. The Morgan fingerprint density at radius 3 is 2.52 bits per heavy atom. The molecule has 0 aromatic rings. The Morgan fingerprint density at radius 1 is 1.12 bits per heavy atom. The summed E-state index contributed by atoms with van der Waals surface area (Å²) in [6.45, 7) is 4.55. The Labute approximate surface area is 150 Å². The van der Waals surface area contributed by atoms with Gasteiger partial charge in [-0.25, -0.2) is 5.14 Å². The van der Waals surface area contributed by atoms with Gasteiger partial charge >= 0.3 is 10.3 Å². The quantitative estimate of drug-likeness (QED) is 0.760. The fourth-order valence-electron chi connectivity index (χ4n) is 6.67. The van der Waals surface area contributed by atoms with E-state index in [0.29, 0.717) is 30.0 Å². The summed E-state index contributed by atoms with van der Waals surface area (Å²) in [6.07, 6.45) is 9.28. The molecule has 2 N–H and O–H groups in total. The molecule has 0 aromatic heterocycles. The molecular formula is C19H29NO4S. The van der Waals surface area contributed by atoms with Crippen molar-refractivity contribution in [2.45, 2.75) is 71.3 Å². The predicted molar refractivity (Wildman–Crippen MR) is 94.7 cm³/mol. The molecular weight excluding hydrogens is 338 g/mol. The van der Waals surface area contributed by atoms with Crippen LogP contribution in [0.25, 0.3) is 0 Å². The highest BCUT2D eigenvalue weighted by Crippen LogP contribution is 2.64. The second-order valence-corrected chi connectivity index (χ2v) is 10.3. The standard InChI is InChI=1S/C19H29NO4S/c1-18-9-7-13(24-25(20,22)23)11-12(18)3-4-14-15-5-6-17(21)19(15,2)10-8-16(14)18/h3,13-16H,4-11H2,1-2H3,(H2,20,22,23)/t13-,14-,15-,16-,18-,19-/m0/s1. The molecule has 0 unspecified atom stereocenters. The van der Waals surface area contributed by atoms with Crippen LogP contribution in [0.4, 0.5) is 0 Å². The Balaban J connectivity index is 1.59. The van der Waals surface area contributed by atoms with E-state index in [1.165, 1.54) is 5.57 Å². The average Bonchev–Trinajstić information content (AvgIpc) is 2.82. The first-order valence-electron chi connectivity index (χ1n) is 9.57. The maximum Gasteiger partial charge on any atom is 0.333 e. The lowest BCUT2D eigenvalue weighted by atomic mass is 9.48. The van der Waals surface area contributed by atoms with E-state index in [1.807, 2.05) is 0 Å². The number of carbonyl (C=O) groups excluding carboxylic acids is 1. The number of hydrogen-bond donors (Lipinski definition) is 1. The highest BCUT2D eigenvalue weighted by Gasteiger charge is 2.58. The molecule has 140 valence electrons. The second kappa shape index (κ2) is 5.64. The third-order valence-electron chi connectivity index (χ3n) is 8.04. The Hall–Kier alpha value is -0.720. The molecule has 4 aliphatic rings. The number of hydrogen-bond acceptors (Lipinski definition) is 4. The van der Waals surface area contributed by atoms with Gasteiger partial charge in [0.15, 0.2) is 0 Å². The van der Waals surface area contributed by atoms with Gasteiger partial charge in [0.05, 0.1) is 6.10 Å². The van der Waals surface area contributed by atoms with E-state index < -0.39 is 10.3 Å². The summed E-state index contributed by atoms with van der Waals surface area (Å²) in [7, 11) is -3.90. The zero-order chi connectivity index (χ0) is 18.0. The second-order valence-electron chi connectivity index (χ2n) is 9.13. The van der Waals surface area contributed by atoms with Crippen molar-refractivity contribution in [2.75, 3.05) is 0 Å². The molecule has 0 amide bonds. The topological polar surface area (TPSA) is 86.5 Å². The van der Waals surface area contributed by atoms with E-state index in [2.05, 4.69) is 19.9 Å². The van der Waals surface area contributed by atoms with Crippen molar-refractivity contribution in [1.29, 1.82) is 0 Å². The molecule has 6 atom stereocenters. The molecule has 3 saturated carbocycles. The van der Waals surface area contributed by atoms with E-state index in [1.54, 1.807) is 0 Å². The third kappa shape index (κ3) is 2.72. The molecule has 0 spiro atoms. The van der Waals surface area contributed by atoms with E-state index in [-0.39, 0.29) is 16.9 Å². The fraction of sp³-hybridized carbons (Fsp3) is 0.842. The van der Waals surface area contributed by atoms with Crippen LogP contribution in [0.3, 0.4) is 0 Å². The van der Waals surface area contributed by atoms with Crippen LogP contribution in [-0.2, 0) is 19.3 Å². The normalized spacial score (nSPS) is 46.8. The van der Waals surface area contributed by atoms with E-state index in [9.17, 15) is 13.2 Å². The van der Waals surface area contributed by atoms with E-state index in [0.717, 1.165) is 44.9 Å². The molecule has 6 heteroatoms. The molecule has 0 radical (unpaired) electrons. The summed E-state index contributed by atoms with van der Waals surface area (Å²) < 4.78 is 27.6. The highest BCUT2D eigenvalue weighted by atomic mass is 32.2. The van der Waals surface area contributed by atoms with Gasteiger partial charge in [-0.1, -0.05) is 25.5 Å². The zero-order valence-electron chi connectivity index (χ0n) is 15.2. The summed E-state index contributed by atoms with van der Waals surface area (Å²) in [5.41, 5.74) is 1.37. The third-order valence-corrected chi connectivity index (χ3v) is 8.58. The van der Waals surface area contributed by atoms with Crippen LogP contribution in [0.2, 0.25) is 0 Å². The minimum absolute atomic E-state index is 0.100. The molecule has 5 nitrogen and oxygen atoms in total. The number of Topliss-reactive ketones (excluding diaryl/α,β-unsaturated/α-hetero) is 1. The summed E-state index contributed by atoms with van der Waals surface area (Å²) in [4.78, 5) is 12.4. The first-order chi connectivity index (χ1) is 11.6. The Morgan fingerprint density at radius 2 is 1.80 bits per heavy atom. The van der Waals surface area contributed by atoms with Crippen molar-refractivity contribution in [3.8, 4) is 0 Å². The minimum atomic E-state index is -3.90. The molecule has 0 aromatic carbocycles. The predicted octanol–water partition coefficient (Wildman–Crippen LogP) is 3.11. The SMILES string of the molecule is C[C@]12CC[C@H](OS(N)(=O)=O)CC1=CC[C@@H]1[C@@H]2CC[C@]2(C)C(=O)CC[C@@H]12. The summed E-state index contributed by atoms with van der Waals surface area (Å²) in [5, 5.41) is 5.06. The zero-order valence-corrected chi connectivity index (χ0v) is 16.0. The van der Waals surface area contributed by atoms with Gasteiger partial charge in [0.2, 0.25) is 0 Å². The molecule has 0 saturated heterocycles. The van der Waals surface area contributed by atoms with Crippen molar-refractivity contribution in [3.05, 3.63) is 11.6 Å². The lowest BCUT2D eigenvalue weighted by molar-refractivity contribution is -0.131. The number of rotatable bonds is 2. The number of ketones is 1. The molecule has 0 bridgehead atoms. The molecule has 3 fully saturated rings. The van der Waals surface area contributed by atoms with Crippen molar-refractivity contribution in [1.82, 2.24) is 0 Å². The number of allylic oxidation sites excluding steroid dienone is 1. The largest absolute Gasteiger partial charge is 0.333 e. The molecule has 0 heterocycles. The van der Waals surface area contributed by atoms with Crippen molar-refractivity contribution >= 4 is 16.1 Å². The fourth-order valence-corrected chi connectivity index (χ4v) is 7.21. The van der Waals surface area contributed by atoms with Gasteiger partial charge < -0.3 is 0 Å². The van der Waals surface area contributed by atoms with E-state index in [4.69, 9.17) is 9.32 Å². The Kier molecular flexibility index (Phi) is 3.99. The lowest BCUT2D eigenvalue weighted by Gasteiger charge is -2.56. The van der Waals surface area contributed by atoms with Crippen LogP contribution in [0.15, 0.2) is 11.6 Å². The first-order valence-corrected chi connectivity index (χ1v) is 11.0. The molecule has 0 aliphatic heterocycles. The van der Waals surface area contributed by atoms with Gasteiger partial charge in [0.25, 0.3) is 0 Å². The maximum absolute atomic E-state index is 12.4. The van der Waals surface area contributed by atoms with Crippen LogP contribution >= 0.6 is 0 Å². The van der Waals surface area contributed by atoms with Crippen LogP contribution in [0.1, 0.15) is 65.2 Å². The molecule has 25 heavy (non-hydrogen) atoms. The smallest absolute Gasteiger partial charge is 0.299 e. The van der Waals surface area contributed by atoms with Gasteiger partial charge in [-0.2, -0.15) is 8.42 Å². The molecule has 4 aliphatic carbocycles. The van der Waals surface area contributed by atoms with Crippen molar-refractivity contribution < 1.29 is 17.4 Å². The minimum Gasteiger partial charge on any atom is -0.299 e. The van der Waals surface area contributed by atoms with Crippen LogP contribution < -0.4 is 5.14 Å². The van der Waals surface area contributed by atoms with Crippen molar-refractivity contribution in [3.63, 3.8) is 0 Å². The van der Waals surface area contributed by atoms with Gasteiger partial charge in [-0.05, 0) is 68.1 Å². The molecule has 4 rings (SSSR count). The summed E-state index contributed by atoms with van der Waals surface area (Å²) >= 11 is 0. The van der Waals surface area contributed by atoms with Crippen molar-refractivity contribution in [2.24, 2.45) is 33.7 Å². The van der Waals surface area contributed by atoms with Crippen LogP contribution in [0.5, 0.6) is 0 Å². The first kappa shape index (κ1) is 17.7. The van der Waals surface area contributed by atoms with Crippen LogP contribution in [0, 0.1) is 28.6 Å². The monoisotopic (exact) mass is 367 g/mol. The van der Waals surface area contributed by atoms with Gasteiger partial charge in [-0.15, -0.1) is 0 Å².